The summed E-state index contributed by atoms with van der Waals surface area (Å²) in [5.41, 5.74) is 0.0783. The van der Waals surface area contributed by atoms with E-state index < -0.39 is 29.3 Å². The summed E-state index contributed by atoms with van der Waals surface area (Å²) < 4.78 is 27.6. The summed E-state index contributed by atoms with van der Waals surface area (Å²) in [5, 5.41) is 0.683. The number of nitrogens with zero attached hydrogens (tertiary/aromatic N) is 2. The van der Waals surface area contributed by atoms with E-state index in [-0.39, 0.29) is 30.7 Å². The lowest BCUT2D eigenvalue weighted by atomic mass is 10.1. The molecule has 1 aromatic rings. The average molecular weight is 338 g/mol. The Morgan fingerprint density at radius 2 is 1.71 bits per heavy atom. The number of hydrogen-bond acceptors (Lipinski definition) is 4. The zero-order chi connectivity index (χ0) is 17.7. The quantitative estimate of drug-likeness (QED) is 0.795. The number of hydrogen-bond donors (Lipinski definition) is 0. The van der Waals surface area contributed by atoms with E-state index >= 15 is 0 Å². The lowest BCUT2D eigenvalue weighted by Crippen LogP contribution is -2.48. The van der Waals surface area contributed by atoms with Crippen LogP contribution in [0, 0.1) is 0 Å². The first-order valence-electron chi connectivity index (χ1n) is 7.85. The Kier molecular flexibility index (Phi) is 3.96. The number of hydroxylamine groups is 2. The fourth-order valence-electron chi connectivity index (χ4n) is 3.28. The molecule has 1 aromatic carbocycles. The molecule has 0 bridgehead atoms. The standard InChI is InChI=1S/C17H20F2N2O3/c1-16(2,3)20-10-17(18,19)8-11(20)9-24-21-14(22)12-6-4-5-7-13(12)15(21)23/h4-7,11H,8-10H2,1-3H3/t11-/m0/s1. The second-order valence-corrected chi connectivity index (χ2v) is 7.26. The van der Waals surface area contributed by atoms with Crippen LogP contribution < -0.4 is 0 Å². The molecule has 0 N–H and O–H groups in total. The number of imide groups is 1. The van der Waals surface area contributed by atoms with Crippen molar-refractivity contribution in [3.8, 4) is 0 Å². The Morgan fingerprint density at radius 3 is 2.21 bits per heavy atom. The van der Waals surface area contributed by atoms with Crippen LogP contribution in [-0.2, 0) is 4.84 Å². The number of likely N-dealkylation sites (tertiary alicyclic amines) is 1. The number of rotatable bonds is 3. The van der Waals surface area contributed by atoms with Gasteiger partial charge in [0.25, 0.3) is 17.7 Å². The molecule has 1 saturated heterocycles. The molecule has 2 heterocycles. The minimum absolute atomic E-state index is 0.141. The van der Waals surface area contributed by atoms with Crippen LogP contribution in [0.15, 0.2) is 24.3 Å². The highest BCUT2D eigenvalue weighted by Crippen LogP contribution is 2.37. The fraction of sp³-hybridized carbons (Fsp3) is 0.529. The van der Waals surface area contributed by atoms with Crippen molar-refractivity contribution in [3.05, 3.63) is 35.4 Å². The average Bonchev–Trinajstić information content (AvgIpc) is 2.93. The highest BCUT2D eigenvalue weighted by Gasteiger charge is 2.49. The number of alkyl halides is 2. The lowest BCUT2D eigenvalue weighted by Gasteiger charge is -2.36. The van der Waals surface area contributed by atoms with Crippen molar-refractivity contribution in [1.29, 1.82) is 0 Å². The van der Waals surface area contributed by atoms with E-state index in [4.69, 9.17) is 4.84 Å². The topological polar surface area (TPSA) is 49.9 Å². The Labute approximate surface area is 139 Å². The molecule has 0 unspecified atom stereocenters. The molecule has 1 atom stereocenters. The van der Waals surface area contributed by atoms with E-state index in [0.717, 1.165) is 0 Å². The van der Waals surface area contributed by atoms with Crippen molar-refractivity contribution in [2.75, 3.05) is 13.2 Å². The monoisotopic (exact) mass is 338 g/mol. The Bertz CT molecular complexity index is 650. The maximum atomic E-state index is 13.8. The molecule has 7 heteroatoms. The second kappa shape index (κ2) is 5.60. The van der Waals surface area contributed by atoms with E-state index in [1.54, 1.807) is 29.2 Å². The Hall–Kier alpha value is -1.86. The van der Waals surface area contributed by atoms with Crippen LogP contribution in [0.25, 0.3) is 0 Å². The molecule has 2 amide bonds. The Balaban J connectivity index is 1.72. The van der Waals surface area contributed by atoms with Crippen molar-refractivity contribution < 1.29 is 23.2 Å². The minimum atomic E-state index is -2.80. The van der Waals surface area contributed by atoms with E-state index in [2.05, 4.69) is 0 Å². The summed E-state index contributed by atoms with van der Waals surface area (Å²) in [6, 6.07) is 5.84. The van der Waals surface area contributed by atoms with Gasteiger partial charge >= 0.3 is 0 Å². The zero-order valence-electron chi connectivity index (χ0n) is 13.9. The van der Waals surface area contributed by atoms with Crippen molar-refractivity contribution in [2.24, 2.45) is 0 Å². The summed E-state index contributed by atoms with van der Waals surface area (Å²) in [6.45, 7) is 5.06. The first kappa shape index (κ1) is 17.0. The molecule has 24 heavy (non-hydrogen) atoms. The van der Waals surface area contributed by atoms with Gasteiger partial charge in [0, 0.05) is 18.0 Å². The van der Waals surface area contributed by atoms with Gasteiger partial charge in [0.15, 0.2) is 0 Å². The minimum Gasteiger partial charge on any atom is -0.287 e. The maximum absolute atomic E-state index is 13.8. The van der Waals surface area contributed by atoms with Crippen molar-refractivity contribution >= 4 is 11.8 Å². The van der Waals surface area contributed by atoms with Crippen LogP contribution in [0.3, 0.4) is 0 Å². The number of benzene rings is 1. The van der Waals surface area contributed by atoms with Gasteiger partial charge in [0.05, 0.1) is 24.3 Å². The van der Waals surface area contributed by atoms with Gasteiger partial charge in [-0.3, -0.25) is 19.3 Å². The summed E-state index contributed by atoms with van der Waals surface area (Å²) in [5.74, 6) is -3.91. The van der Waals surface area contributed by atoms with Gasteiger partial charge in [-0.1, -0.05) is 12.1 Å². The molecule has 130 valence electrons. The summed E-state index contributed by atoms with van der Waals surface area (Å²) >= 11 is 0. The van der Waals surface area contributed by atoms with Gasteiger partial charge < -0.3 is 0 Å². The number of halogens is 2. The summed E-state index contributed by atoms with van der Waals surface area (Å²) in [7, 11) is 0. The van der Waals surface area contributed by atoms with Crippen LogP contribution >= 0.6 is 0 Å². The van der Waals surface area contributed by atoms with Crippen molar-refractivity contribution in [1.82, 2.24) is 9.96 Å². The molecule has 0 aromatic heterocycles. The third-order valence-electron chi connectivity index (χ3n) is 4.39. The van der Waals surface area contributed by atoms with Crippen LogP contribution in [-0.4, -0.2) is 52.4 Å². The molecule has 0 radical (unpaired) electrons. The molecule has 2 aliphatic rings. The van der Waals surface area contributed by atoms with Gasteiger partial charge in [-0.15, -0.1) is 5.06 Å². The third-order valence-corrected chi connectivity index (χ3v) is 4.39. The van der Waals surface area contributed by atoms with E-state index in [9.17, 15) is 18.4 Å². The SMILES string of the molecule is CC(C)(C)N1CC(F)(F)C[C@H]1CON1C(=O)c2ccccc2C1=O. The van der Waals surface area contributed by atoms with Crippen LogP contribution in [0.2, 0.25) is 0 Å². The van der Waals surface area contributed by atoms with Gasteiger partial charge in [-0.25, -0.2) is 8.78 Å². The zero-order valence-corrected chi connectivity index (χ0v) is 13.9. The number of carbonyl (C=O) groups excluding carboxylic acids is 2. The number of carbonyl (C=O) groups is 2. The highest BCUT2D eigenvalue weighted by atomic mass is 19.3. The van der Waals surface area contributed by atoms with Gasteiger partial charge in [0.2, 0.25) is 0 Å². The number of amides is 2. The molecule has 0 spiro atoms. The first-order valence-corrected chi connectivity index (χ1v) is 7.85. The summed E-state index contributed by atoms with van der Waals surface area (Å²) in [6.07, 6.45) is -0.354. The molecule has 0 aliphatic carbocycles. The van der Waals surface area contributed by atoms with Crippen molar-refractivity contribution in [3.63, 3.8) is 0 Å². The van der Waals surface area contributed by atoms with Crippen LogP contribution in [0.4, 0.5) is 8.78 Å². The van der Waals surface area contributed by atoms with Crippen molar-refractivity contribution in [2.45, 2.75) is 44.7 Å². The molecular weight excluding hydrogens is 318 g/mol. The second-order valence-electron chi connectivity index (χ2n) is 7.26. The maximum Gasteiger partial charge on any atom is 0.285 e. The predicted octanol–water partition coefficient (Wildman–Crippen LogP) is 2.72. The van der Waals surface area contributed by atoms with Gasteiger partial charge in [-0.2, -0.15) is 0 Å². The molecular formula is C17H20F2N2O3. The molecule has 5 nitrogen and oxygen atoms in total. The van der Waals surface area contributed by atoms with E-state index in [1.807, 2.05) is 20.8 Å². The lowest BCUT2D eigenvalue weighted by molar-refractivity contribution is -0.110. The number of fused-ring (bicyclic) bond motifs is 1. The van der Waals surface area contributed by atoms with Gasteiger partial charge in [0.1, 0.15) is 0 Å². The molecule has 1 fully saturated rings. The van der Waals surface area contributed by atoms with Crippen LogP contribution in [0.1, 0.15) is 47.9 Å². The fourth-order valence-corrected chi connectivity index (χ4v) is 3.28. The first-order chi connectivity index (χ1) is 11.1. The van der Waals surface area contributed by atoms with Gasteiger partial charge in [-0.05, 0) is 32.9 Å². The molecule has 2 aliphatic heterocycles. The molecule has 0 saturated carbocycles. The van der Waals surface area contributed by atoms with E-state index in [1.165, 1.54) is 0 Å². The molecule has 3 rings (SSSR count). The highest BCUT2D eigenvalue weighted by molar-refractivity contribution is 6.20. The summed E-state index contributed by atoms with van der Waals surface area (Å²) in [4.78, 5) is 31.5. The third kappa shape index (κ3) is 2.93. The largest absolute Gasteiger partial charge is 0.287 e. The Morgan fingerprint density at radius 1 is 1.17 bits per heavy atom. The predicted molar refractivity (Wildman–Crippen MR) is 82.7 cm³/mol. The smallest absolute Gasteiger partial charge is 0.285 e. The van der Waals surface area contributed by atoms with Crippen LogP contribution in [0.5, 0.6) is 0 Å². The normalized spacial score (nSPS) is 23.9. The van der Waals surface area contributed by atoms with E-state index in [0.29, 0.717) is 5.06 Å².